The third-order valence-corrected chi connectivity index (χ3v) is 3.09. The lowest BCUT2D eigenvalue weighted by Gasteiger charge is -2.12. The van der Waals surface area contributed by atoms with Crippen LogP contribution >= 0.6 is 0 Å². The second-order valence-electron chi connectivity index (χ2n) is 4.16. The Kier molecular flexibility index (Phi) is 2.15. The Bertz CT molecular complexity index is 591. The van der Waals surface area contributed by atoms with Gasteiger partial charge in [0.05, 0.1) is 0 Å². The van der Waals surface area contributed by atoms with Gasteiger partial charge in [0, 0.05) is 17.0 Å². The van der Waals surface area contributed by atoms with Crippen LogP contribution in [-0.2, 0) is 0 Å². The number of hydrogen-bond acceptors (Lipinski definition) is 2. The van der Waals surface area contributed by atoms with Crippen LogP contribution in [0, 0.1) is 0 Å². The first-order chi connectivity index (χ1) is 8.25. The van der Waals surface area contributed by atoms with E-state index in [2.05, 4.69) is 12.2 Å². The minimum Gasteiger partial charge on any atom is -0.289 e. The monoisotopic (exact) mass is 222 g/mol. The predicted octanol–water partition coefficient (Wildman–Crippen LogP) is 2.83. The lowest BCUT2D eigenvalue weighted by molar-refractivity contribution is 0.0994. The maximum atomic E-state index is 11.7. The van der Waals surface area contributed by atoms with E-state index in [0.717, 1.165) is 5.56 Å². The number of carbonyl (C=O) groups excluding carboxylic acids is 2. The van der Waals surface area contributed by atoms with Crippen molar-refractivity contribution in [2.75, 3.05) is 0 Å². The molecule has 82 valence electrons. The van der Waals surface area contributed by atoms with E-state index in [0.29, 0.717) is 11.1 Å². The average molecular weight is 222 g/mol. The van der Waals surface area contributed by atoms with Gasteiger partial charge in [-0.3, -0.25) is 9.59 Å². The summed E-state index contributed by atoms with van der Waals surface area (Å²) in [5, 5.41) is 0. The van der Waals surface area contributed by atoms with Crippen LogP contribution in [0.3, 0.4) is 0 Å². The molecule has 2 aliphatic rings. The molecule has 0 N–H and O–H groups in total. The van der Waals surface area contributed by atoms with Crippen LogP contribution in [0.4, 0.5) is 0 Å². The van der Waals surface area contributed by atoms with E-state index in [1.165, 1.54) is 12.2 Å². The smallest absolute Gasteiger partial charge is 0.186 e. The van der Waals surface area contributed by atoms with Gasteiger partial charge in [-0.2, -0.15) is 0 Å². The molecule has 2 heteroatoms. The Morgan fingerprint density at radius 1 is 0.824 bits per heavy atom. The van der Waals surface area contributed by atoms with Gasteiger partial charge in [0.1, 0.15) is 0 Å². The zero-order valence-corrected chi connectivity index (χ0v) is 9.09. The molecule has 0 bridgehead atoms. The van der Waals surface area contributed by atoms with Gasteiger partial charge in [-0.1, -0.05) is 36.4 Å². The van der Waals surface area contributed by atoms with Crippen molar-refractivity contribution in [1.29, 1.82) is 0 Å². The number of ketones is 2. The van der Waals surface area contributed by atoms with Crippen LogP contribution in [0.5, 0.6) is 0 Å². The maximum Gasteiger partial charge on any atom is 0.186 e. The summed E-state index contributed by atoms with van der Waals surface area (Å²) in [5.41, 5.74) is 2.07. The van der Waals surface area contributed by atoms with Crippen molar-refractivity contribution >= 4 is 11.6 Å². The first-order valence-electron chi connectivity index (χ1n) is 5.51. The topological polar surface area (TPSA) is 34.1 Å². The summed E-state index contributed by atoms with van der Waals surface area (Å²) >= 11 is 0. The first-order valence-corrected chi connectivity index (χ1v) is 5.51. The van der Waals surface area contributed by atoms with E-state index in [1.54, 1.807) is 6.07 Å². The molecule has 0 radical (unpaired) electrons. The molecular formula is C15H10O2. The van der Waals surface area contributed by atoms with Crippen molar-refractivity contribution in [3.8, 4) is 0 Å². The molecule has 0 spiro atoms. The van der Waals surface area contributed by atoms with Crippen molar-refractivity contribution < 1.29 is 9.59 Å². The van der Waals surface area contributed by atoms with E-state index in [4.69, 9.17) is 0 Å². The molecule has 3 rings (SSSR count). The highest BCUT2D eigenvalue weighted by Gasteiger charge is 2.20. The minimum absolute atomic E-state index is 0.0904. The van der Waals surface area contributed by atoms with Gasteiger partial charge in [-0.05, 0) is 23.8 Å². The van der Waals surface area contributed by atoms with Gasteiger partial charge in [-0.15, -0.1) is 0 Å². The third kappa shape index (κ3) is 1.58. The zero-order valence-electron chi connectivity index (χ0n) is 9.09. The Labute approximate surface area is 99.0 Å². The molecule has 0 saturated carbocycles. The summed E-state index contributed by atoms with van der Waals surface area (Å²) < 4.78 is 0. The molecule has 0 atom stereocenters. The highest BCUT2D eigenvalue weighted by molar-refractivity contribution is 6.22. The molecule has 1 aromatic carbocycles. The highest BCUT2D eigenvalue weighted by atomic mass is 16.1. The Balaban J connectivity index is 2.10. The normalized spacial score (nSPS) is 17.9. The summed E-state index contributed by atoms with van der Waals surface area (Å²) in [6.45, 7) is 0. The molecule has 0 fully saturated rings. The van der Waals surface area contributed by atoms with Crippen LogP contribution in [0.1, 0.15) is 32.2 Å². The minimum atomic E-state index is -0.0938. The number of carbonyl (C=O) groups is 2. The molecular weight excluding hydrogens is 212 g/mol. The van der Waals surface area contributed by atoms with Crippen LogP contribution in [-0.4, -0.2) is 11.6 Å². The molecule has 0 unspecified atom stereocenters. The second-order valence-corrected chi connectivity index (χ2v) is 4.16. The summed E-state index contributed by atoms with van der Waals surface area (Å²) in [6, 6.07) is 5.48. The standard InChI is InChI=1S/C15H10O2/c16-14-7-8-15(17)13-9-11(5-6-12(13)14)10-3-1-2-4-10/h1-10H. The molecule has 1 aromatic rings. The van der Waals surface area contributed by atoms with Gasteiger partial charge in [0.15, 0.2) is 11.6 Å². The van der Waals surface area contributed by atoms with Crippen molar-refractivity contribution in [1.82, 2.24) is 0 Å². The SMILES string of the molecule is O=C1C=CC(=O)c2cc(C3C=CC=C3)ccc21. The van der Waals surface area contributed by atoms with Crippen molar-refractivity contribution in [2.24, 2.45) is 0 Å². The Morgan fingerprint density at radius 3 is 2.18 bits per heavy atom. The first kappa shape index (κ1) is 9.97. The lowest BCUT2D eigenvalue weighted by atomic mass is 9.90. The van der Waals surface area contributed by atoms with Crippen molar-refractivity contribution in [2.45, 2.75) is 5.92 Å². The molecule has 0 aliphatic heterocycles. The number of rotatable bonds is 1. The maximum absolute atomic E-state index is 11.7. The molecule has 0 aromatic heterocycles. The van der Waals surface area contributed by atoms with E-state index >= 15 is 0 Å². The van der Waals surface area contributed by atoms with Gasteiger partial charge in [0.2, 0.25) is 0 Å². The van der Waals surface area contributed by atoms with E-state index in [9.17, 15) is 9.59 Å². The fraction of sp³-hybridized carbons (Fsp3) is 0.0667. The van der Waals surface area contributed by atoms with Crippen LogP contribution in [0.2, 0.25) is 0 Å². The highest BCUT2D eigenvalue weighted by Crippen LogP contribution is 2.27. The molecule has 0 saturated heterocycles. The Morgan fingerprint density at radius 2 is 1.47 bits per heavy atom. The summed E-state index contributed by atoms with van der Waals surface area (Å²) in [4.78, 5) is 23.3. The van der Waals surface area contributed by atoms with Crippen molar-refractivity contribution in [3.05, 3.63) is 71.3 Å². The predicted molar refractivity (Wildman–Crippen MR) is 65.3 cm³/mol. The molecule has 2 aliphatic carbocycles. The summed E-state index contributed by atoms with van der Waals surface area (Å²) in [7, 11) is 0. The number of benzene rings is 1. The van der Waals surface area contributed by atoms with Gasteiger partial charge >= 0.3 is 0 Å². The molecule has 0 amide bonds. The van der Waals surface area contributed by atoms with E-state index in [-0.39, 0.29) is 17.5 Å². The number of hydrogen-bond donors (Lipinski definition) is 0. The fourth-order valence-electron chi connectivity index (χ4n) is 2.17. The molecule has 0 heterocycles. The second kappa shape index (κ2) is 3.67. The van der Waals surface area contributed by atoms with Crippen LogP contribution in [0.15, 0.2) is 54.7 Å². The largest absolute Gasteiger partial charge is 0.289 e. The van der Waals surface area contributed by atoms with Crippen LogP contribution < -0.4 is 0 Å². The molecule has 2 nitrogen and oxygen atoms in total. The van der Waals surface area contributed by atoms with Crippen LogP contribution in [0.25, 0.3) is 0 Å². The van der Waals surface area contributed by atoms with E-state index < -0.39 is 0 Å². The van der Waals surface area contributed by atoms with Gasteiger partial charge < -0.3 is 0 Å². The number of fused-ring (bicyclic) bond motifs is 1. The van der Waals surface area contributed by atoms with E-state index in [1.807, 2.05) is 24.3 Å². The van der Waals surface area contributed by atoms with Gasteiger partial charge in [0.25, 0.3) is 0 Å². The quantitative estimate of drug-likeness (QED) is 0.732. The lowest BCUT2D eigenvalue weighted by Crippen LogP contribution is -2.12. The third-order valence-electron chi connectivity index (χ3n) is 3.09. The summed E-state index contributed by atoms with van der Waals surface area (Å²) in [5.74, 6) is 0.0326. The average Bonchev–Trinajstić information content (AvgIpc) is 2.87. The fourth-order valence-corrected chi connectivity index (χ4v) is 2.17. The summed E-state index contributed by atoms with van der Waals surface area (Å²) in [6.07, 6.45) is 10.8. The molecule has 17 heavy (non-hydrogen) atoms. The van der Waals surface area contributed by atoms with Crippen molar-refractivity contribution in [3.63, 3.8) is 0 Å². The Hall–Kier alpha value is -2.22. The zero-order chi connectivity index (χ0) is 11.8. The van der Waals surface area contributed by atoms with Gasteiger partial charge in [-0.25, -0.2) is 0 Å². The number of allylic oxidation sites excluding steroid dienone is 6.